The van der Waals surface area contributed by atoms with Gasteiger partial charge in [-0.15, -0.1) is 0 Å². The number of hydroxylamine groups is 1. The second kappa shape index (κ2) is 4.78. The van der Waals surface area contributed by atoms with Crippen molar-refractivity contribution >= 4 is 22.7 Å². The second-order valence-corrected chi connectivity index (χ2v) is 3.21. The Balaban J connectivity index is 2.80. The van der Waals surface area contributed by atoms with E-state index in [1.54, 1.807) is 18.2 Å². The maximum atomic E-state index is 10.3. The lowest BCUT2D eigenvalue weighted by atomic mass is 10.2. The zero-order valence-corrected chi connectivity index (χ0v) is 8.61. The molecular formula is C9H11NO3S. The van der Waals surface area contributed by atoms with Crippen LogP contribution in [0.25, 0.3) is 6.08 Å². The maximum Gasteiger partial charge on any atom is 0.277 e. The Morgan fingerprint density at radius 3 is 2.36 bits per heavy atom. The molecule has 76 valence electrons. The van der Waals surface area contributed by atoms with E-state index in [2.05, 4.69) is 10.9 Å². The summed E-state index contributed by atoms with van der Waals surface area (Å²) >= 11 is 0. The largest absolute Gasteiger partial charge is 0.277 e. The summed E-state index contributed by atoms with van der Waals surface area (Å²) in [5, 5.41) is 1.18. The van der Waals surface area contributed by atoms with E-state index in [0.717, 1.165) is 5.56 Å². The van der Waals surface area contributed by atoms with Gasteiger partial charge in [0.05, 0.1) is 5.69 Å². The van der Waals surface area contributed by atoms with Crippen LogP contribution in [0.2, 0.25) is 0 Å². The number of thiol groups is 1. The first-order valence-corrected chi connectivity index (χ1v) is 5.01. The van der Waals surface area contributed by atoms with Gasteiger partial charge in [0, 0.05) is 7.05 Å². The van der Waals surface area contributed by atoms with E-state index >= 15 is 0 Å². The zero-order chi connectivity index (χ0) is 10.6. The molecule has 4 nitrogen and oxygen atoms in total. The van der Waals surface area contributed by atoms with Crippen LogP contribution in [0.3, 0.4) is 0 Å². The Hall–Kier alpha value is -1.33. The minimum atomic E-state index is -2.87. The first-order valence-electron chi connectivity index (χ1n) is 3.92. The summed E-state index contributed by atoms with van der Waals surface area (Å²) in [7, 11) is -1.35. The van der Waals surface area contributed by atoms with Gasteiger partial charge < -0.3 is 0 Å². The van der Waals surface area contributed by atoms with Crippen molar-refractivity contribution in [2.75, 3.05) is 12.1 Å². The van der Waals surface area contributed by atoms with Crippen molar-refractivity contribution in [3.63, 3.8) is 0 Å². The van der Waals surface area contributed by atoms with Gasteiger partial charge in [-0.05, 0) is 17.7 Å². The quantitative estimate of drug-likeness (QED) is 0.603. The van der Waals surface area contributed by atoms with Gasteiger partial charge in [0.2, 0.25) is 0 Å². The first-order chi connectivity index (χ1) is 6.63. The van der Waals surface area contributed by atoms with E-state index < -0.39 is 11.0 Å². The van der Waals surface area contributed by atoms with Crippen LogP contribution in [0, 0.1) is 0 Å². The molecule has 0 aliphatic rings. The lowest BCUT2D eigenvalue weighted by Crippen LogP contribution is -2.16. The van der Waals surface area contributed by atoms with Crippen LogP contribution in [0.4, 0.5) is 5.69 Å². The fourth-order valence-electron chi connectivity index (χ4n) is 0.967. The van der Waals surface area contributed by atoms with Crippen LogP contribution in [-0.2, 0) is 15.3 Å². The lowest BCUT2D eigenvalue weighted by Gasteiger charge is -2.13. The molecule has 1 aromatic rings. The highest BCUT2D eigenvalue weighted by atomic mass is 32.2. The number of hydrogen-bond donors (Lipinski definition) is 1. The van der Waals surface area contributed by atoms with Crippen molar-refractivity contribution in [1.82, 2.24) is 0 Å². The topological polar surface area (TPSA) is 46.6 Å². The van der Waals surface area contributed by atoms with Crippen LogP contribution in [0.5, 0.6) is 0 Å². The molecule has 0 radical (unpaired) electrons. The summed E-state index contributed by atoms with van der Waals surface area (Å²) in [6.07, 6.45) is 1.71. The number of hydrogen-bond acceptors (Lipinski definition) is 4. The fraction of sp³-hybridized carbons (Fsp3) is 0.111. The third-order valence-electron chi connectivity index (χ3n) is 1.68. The summed E-state index contributed by atoms with van der Waals surface area (Å²) in [6, 6.07) is 7.13. The zero-order valence-electron chi connectivity index (χ0n) is 7.71. The highest BCUT2D eigenvalue weighted by molar-refractivity contribution is 7.67. The Morgan fingerprint density at radius 2 is 1.93 bits per heavy atom. The van der Waals surface area contributed by atoms with Gasteiger partial charge in [-0.3, -0.25) is 0 Å². The van der Waals surface area contributed by atoms with E-state index in [9.17, 15) is 8.42 Å². The summed E-state index contributed by atoms with van der Waals surface area (Å²) in [5.41, 5.74) is 1.63. The monoisotopic (exact) mass is 213 g/mol. The van der Waals surface area contributed by atoms with E-state index in [-0.39, 0.29) is 0 Å². The molecule has 0 fully saturated rings. The van der Waals surface area contributed by atoms with Gasteiger partial charge in [-0.1, -0.05) is 24.8 Å². The average Bonchev–Trinajstić information content (AvgIpc) is 2.17. The predicted molar refractivity (Wildman–Crippen MR) is 56.3 cm³/mol. The smallest absolute Gasteiger partial charge is 0.240 e. The SMILES string of the molecule is C=Cc1ccc(N(C)O[SH](=O)=O)cc1. The molecule has 0 unspecified atom stereocenters. The van der Waals surface area contributed by atoms with E-state index in [1.807, 2.05) is 12.1 Å². The molecule has 0 heterocycles. The Kier molecular flexibility index (Phi) is 3.67. The van der Waals surface area contributed by atoms with Gasteiger partial charge in [0.15, 0.2) is 0 Å². The third-order valence-corrected chi connectivity index (χ3v) is 2.06. The Labute approximate surface area is 84.5 Å². The third kappa shape index (κ3) is 2.86. The van der Waals surface area contributed by atoms with Gasteiger partial charge in [-0.2, -0.15) is 4.28 Å². The molecule has 1 aromatic carbocycles. The molecular weight excluding hydrogens is 202 g/mol. The van der Waals surface area contributed by atoms with Gasteiger partial charge in [-0.25, -0.2) is 13.5 Å². The van der Waals surface area contributed by atoms with Crippen molar-refractivity contribution in [3.05, 3.63) is 36.4 Å². The van der Waals surface area contributed by atoms with E-state index in [0.29, 0.717) is 5.69 Å². The van der Waals surface area contributed by atoms with Crippen LogP contribution >= 0.6 is 0 Å². The summed E-state index contributed by atoms with van der Waals surface area (Å²) in [4.78, 5) is 0. The molecule has 1 rings (SSSR count). The molecule has 0 amide bonds. The van der Waals surface area contributed by atoms with Gasteiger partial charge in [0.25, 0.3) is 11.0 Å². The van der Waals surface area contributed by atoms with E-state index in [1.165, 1.54) is 12.1 Å². The van der Waals surface area contributed by atoms with Crippen LogP contribution in [0.15, 0.2) is 30.8 Å². The first kappa shape index (κ1) is 10.7. The lowest BCUT2D eigenvalue weighted by molar-refractivity contribution is 0.320. The standard InChI is InChI=1S/C9H11NO3S/c1-3-8-4-6-9(7-5-8)10(2)13-14(11)12/h3-7,14H,1H2,2H3. The summed E-state index contributed by atoms with van der Waals surface area (Å²) in [5.74, 6) is 0. The van der Waals surface area contributed by atoms with E-state index in [4.69, 9.17) is 0 Å². The highest BCUT2D eigenvalue weighted by Gasteiger charge is 2.00. The highest BCUT2D eigenvalue weighted by Crippen LogP contribution is 2.14. The minimum Gasteiger partial charge on any atom is -0.240 e. The van der Waals surface area contributed by atoms with Crippen LogP contribution in [0.1, 0.15) is 5.56 Å². The molecule has 0 aliphatic carbocycles. The number of rotatable bonds is 4. The molecule has 0 atom stereocenters. The van der Waals surface area contributed by atoms with Crippen molar-refractivity contribution in [1.29, 1.82) is 0 Å². The Bertz CT molecular complexity index is 376. The van der Waals surface area contributed by atoms with Crippen molar-refractivity contribution < 1.29 is 12.7 Å². The Morgan fingerprint density at radius 1 is 1.36 bits per heavy atom. The normalized spacial score (nSPS) is 10.1. The predicted octanol–water partition coefficient (Wildman–Crippen LogP) is 1.22. The van der Waals surface area contributed by atoms with Gasteiger partial charge in [0.1, 0.15) is 0 Å². The molecule has 0 aliphatic heterocycles. The van der Waals surface area contributed by atoms with Crippen molar-refractivity contribution in [2.24, 2.45) is 0 Å². The van der Waals surface area contributed by atoms with Crippen molar-refractivity contribution in [2.45, 2.75) is 0 Å². The molecule has 0 bridgehead atoms. The average molecular weight is 213 g/mol. The molecule has 0 spiro atoms. The molecule has 5 heteroatoms. The second-order valence-electron chi connectivity index (χ2n) is 2.60. The van der Waals surface area contributed by atoms with Crippen LogP contribution < -0.4 is 5.06 Å². The van der Waals surface area contributed by atoms with Crippen molar-refractivity contribution in [3.8, 4) is 0 Å². The fourth-order valence-corrected chi connectivity index (χ4v) is 1.26. The number of nitrogens with zero attached hydrogens (tertiary/aromatic N) is 1. The number of anilines is 1. The number of benzene rings is 1. The maximum absolute atomic E-state index is 10.3. The molecule has 0 saturated carbocycles. The van der Waals surface area contributed by atoms with Gasteiger partial charge >= 0.3 is 0 Å². The van der Waals surface area contributed by atoms with Crippen LogP contribution in [-0.4, -0.2) is 15.5 Å². The molecule has 14 heavy (non-hydrogen) atoms. The molecule has 0 saturated heterocycles. The summed E-state index contributed by atoms with van der Waals surface area (Å²) < 4.78 is 25.0. The molecule has 0 aromatic heterocycles. The minimum absolute atomic E-state index is 0.662. The summed E-state index contributed by atoms with van der Waals surface area (Å²) in [6.45, 7) is 3.61. The molecule has 0 N–H and O–H groups in total.